The molecule has 14 heavy (non-hydrogen) atoms. The average Bonchev–Trinajstić information content (AvgIpc) is 2.85. The monoisotopic (exact) mass is 193 g/mol. The normalized spacial score (nSPS) is 16.5. The second-order valence-corrected chi connectivity index (χ2v) is 4.59. The van der Waals surface area contributed by atoms with Gasteiger partial charge in [-0.3, -0.25) is 0 Å². The summed E-state index contributed by atoms with van der Waals surface area (Å²) >= 11 is 0. The molecule has 1 aliphatic carbocycles. The Hall–Kier alpha value is -0.830. The number of hydrogen-bond acceptors (Lipinski definition) is 2. The fourth-order valence-corrected chi connectivity index (χ4v) is 1.59. The quantitative estimate of drug-likeness (QED) is 0.772. The SMILES string of the molecule is CC(C)Cn1cncc1CNC1CC1. The number of imidazole rings is 1. The van der Waals surface area contributed by atoms with E-state index in [0.717, 1.165) is 19.1 Å². The predicted molar refractivity (Wildman–Crippen MR) is 56.9 cm³/mol. The van der Waals surface area contributed by atoms with Gasteiger partial charge in [-0.15, -0.1) is 0 Å². The van der Waals surface area contributed by atoms with E-state index in [4.69, 9.17) is 0 Å². The van der Waals surface area contributed by atoms with Gasteiger partial charge in [0.2, 0.25) is 0 Å². The van der Waals surface area contributed by atoms with Gasteiger partial charge in [0.25, 0.3) is 0 Å². The average molecular weight is 193 g/mol. The third-order valence-corrected chi connectivity index (χ3v) is 2.51. The van der Waals surface area contributed by atoms with E-state index in [1.54, 1.807) is 0 Å². The van der Waals surface area contributed by atoms with E-state index in [2.05, 4.69) is 28.7 Å². The van der Waals surface area contributed by atoms with Gasteiger partial charge in [0, 0.05) is 25.3 Å². The van der Waals surface area contributed by atoms with Crippen molar-refractivity contribution < 1.29 is 0 Å². The molecule has 1 fully saturated rings. The molecule has 2 rings (SSSR count). The maximum atomic E-state index is 4.20. The van der Waals surface area contributed by atoms with Crippen molar-refractivity contribution in [1.29, 1.82) is 0 Å². The minimum atomic E-state index is 0.684. The first kappa shape index (κ1) is 9.71. The highest BCUT2D eigenvalue weighted by molar-refractivity contribution is 4.99. The maximum Gasteiger partial charge on any atom is 0.0948 e. The topological polar surface area (TPSA) is 29.9 Å². The lowest BCUT2D eigenvalue weighted by molar-refractivity contribution is 0.500. The van der Waals surface area contributed by atoms with Crippen LogP contribution in [0.4, 0.5) is 0 Å². The molecule has 0 amide bonds. The Morgan fingerprint density at radius 3 is 3.00 bits per heavy atom. The summed E-state index contributed by atoms with van der Waals surface area (Å²) in [7, 11) is 0. The number of aromatic nitrogens is 2. The molecule has 1 saturated carbocycles. The molecule has 1 aromatic rings. The second kappa shape index (κ2) is 4.13. The summed E-state index contributed by atoms with van der Waals surface area (Å²) in [4.78, 5) is 4.20. The van der Waals surface area contributed by atoms with Crippen LogP contribution in [0, 0.1) is 5.92 Å². The number of nitrogens with zero attached hydrogens (tertiary/aromatic N) is 2. The predicted octanol–water partition coefficient (Wildman–Crippen LogP) is 1.79. The summed E-state index contributed by atoms with van der Waals surface area (Å²) in [5.74, 6) is 0.684. The molecule has 1 N–H and O–H groups in total. The lowest BCUT2D eigenvalue weighted by Gasteiger charge is -2.10. The molecule has 1 aromatic heterocycles. The summed E-state index contributed by atoms with van der Waals surface area (Å²) in [6.45, 7) is 6.51. The van der Waals surface area contributed by atoms with Crippen LogP contribution in [0.15, 0.2) is 12.5 Å². The van der Waals surface area contributed by atoms with Crippen molar-refractivity contribution in [2.75, 3.05) is 0 Å². The zero-order valence-electron chi connectivity index (χ0n) is 9.03. The maximum absolute atomic E-state index is 4.20. The Bertz CT molecular complexity index is 286. The Labute approximate surface area is 85.5 Å². The largest absolute Gasteiger partial charge is 0.333 e. The highest BCUT2D eigenvalue weighted by Crippen LogP contribution is 2.19. The number of rotatable bonds is 5. The van der Waals surface area contributed by atoms with E-state index in [-0.39, 0.29) is 0 Å². The van der Waals surface area contributed by atoms with E-state index < -0.39 is 0 Å². The van der Waals surface area contributed by atoms with Crippen molar-refractivity contribution in [3.63, 3.8) is 0 Å². The van der Waals surface area contributed by atoms with Gasteiger partial charge < -0.3 is 9.88 Å². The number of hydrogen-bond donors (Lipinski definition) is 1. The van der Waals surface area contributed by atoms with Crippen LogP contribution in [0.3, 0.4) is 0 Å². The van der Waals surface area contributed by atoms with Crippen LogP contribution in [0.5, 0.6) is 0 Å². The molecule has 0 aromatic carbocycles. The zero-order chi connectivity index (χ0) is 9.97. The van der Waals surface area contributed by atoms with E-state index in [1.807, 2.05) is 12.5 Å². The Morgan fingerprint density at radius 1 is 1.57 bits per heavy atom. The molecule has 0 saturated heterocycles. The number of nitrogens with one attached hydrogen (secondary N) is 1. The molecule has 1 aliphatic rings. The van der Waals surface area contributed by atoms with Gasteiger partial charge in [0.1, 0.15) is 0 Å². The van der Waals surface area contributed by atoms with Gasteiger partial charge in [-0.2, -0.15) is 0 Å². The molecule has 0 bridgehead atoms. The molecule has 0 unspecified atom stereocenters. The molecule has 1 heterocycles. The Morgan fingerprint density at radius 2 is 2.36 bits per heavy atom. The highest BCUT2D eigenvalue weighted by Gasteiger charge is 2.20. The summed E-state index contributed by atoms with van der Waals surface area (Å²) in [5, 5.41) is 3.51. The van der Waals surface area contributed by atoms with Gasteiger partial charge in [0.05, 0.1) is 12.0 Å². The summed E-state index contributed by atoms with van der Waals surface area (Å²) < 4.78 is 2.25. The van der Waals surface area contributed by atoms with Crippen molar-refractivity contribution in [2.24, 2.45) is 5.92 Å². The van der Waals surface area contributed by atoms with Crippen molar-refractivity contribution in [2.45, 2.75) is 45.8 Å². The van der Waals surface area contributed by atoms with E-state index in [0.29, 0.717) is 5.92 Å². The zero-order valence-corrected chi connectivity index (χ0v) is 9.03. The van der Waals surface area contributed by atoms with Crippen LogP contribution < -0.4 is 5.32 Å². The second-order valence-electron chi connectivity index (χ2n) is 4.59. The van der Waals surface area contributed by atoms with Crippen molar-refractivity contribution >= 4 is 0 Å². The van der Waals surface area contributed by atoms with Gasteiger partial charge >= 0.3 is 0 Å². The molecule has 78 valence electrons. The molecule has 0 radical (unpaired) electrons. The van der Waals surface area contributed by atoms with Crippen LogP contribution in [0.25, 0.3) is 0 Å². The van der Waals surface area contributed by atoms with Crippen LogP contribution in [-0.2, 0) is 13.1 Å². The van der Waals surface area contributed by atoms with Gasteiger partial charge in [-0.1, -0.05) is 13.8 Å². The van der Waals surface area contributed by atoms with E-state index in [9.17, 15) is 0 Å². The molecule has 0 aliphatic heterocycles. The molecular formula is C11H19N3. The molecular weight excluding hydrogens is 174 g/mol. The van der Waals surface area contributed by atoms with E-state index in [1.165, 1.54) is 18.5 Å². The van der Waals surface area contributed by atoms with Gasteiger partial charge in [0.15, 0.2) is 0 Å². The highest BCUT2D eigenvalue weighted by atomic mass is 15.1. The van der Waals surface area contributed by atoms with Crippen LogP contribution in [0.2, 0.25) is 0 Å². The molecule has 3 nitrogen and oxygen atoms in total. The standard InChI is InChI=1S/C11H19N3/c1-9(2)7-14-8-12-5-11(14)6-13-10-3-4-10/h5,8-10,13H,3-4,6-7H2,1-2H3. The van der Waals surface area contributed by atoms with Crippen molar-refractivity contribution in [3.8, 4) is 0 Å². The first-order chi connectivity index (χ1) is 6.75. The van der Waals surface area contributed by atoms with Crippen molar-refractivity contribution in [1.82, 2.24) is 14.9 Å². The van der Waals surface area contributed by atoms with Crippen LogP contribution in [-0.4, -0.2) is 15.6 Å². The molecule has 3 heteroatoms. The third-order valence-electron chi connectivity index (χ3n) is 2.51. The summed E-state index contributed by atoms with van der Waals surface area (Å²) in [5.41, 5.74) is 1.31. The lowest BCUT2D eigenvalue weighted by Crippen LogP contribution is -2.18. The minimum absolute atomic E-state index is 0.684. The fraction of sp³-hybridized carbons (Fsp3) is 0.727. The minimum Gasteiger partial charge on any atom is -0.333 e. The Balaban J connectivity index is 1.90. The Kier molecular flexibility index (Phi) is 2.87. The van der Waals surface area contributed by atoms with Gasteiger partial charge in [-0.05, 0) is 18.8 Å². The van der Waals surface area contributed by atoms with E-state index >= 15 is 0 Å². The smallest absolute Gasteiger partial charge is 0.0948 e. The molecule has 0 atom stereocenters. The van der Waals surface area contributed by atoms with Crippen LogP contribution >= 0.6 is 0 Å². The first-order valence-corrected chi connectivity index (χ1v) is 5.48. The fourth-order valence-electron chi connectivity index (χ4n) is 1.59. The third kappa shape index (κ3) is 2.58. The van der Waals surface area contributed by atoms with Gasteiger partial charge in [-0.25, -0.2) is 4.98 Å². The van der Waals surface area contributed by atoms with Crippen LogP contribution in [0.1, 0.15) is 32.4 Å². The lowest BCUT2D eigenvalue weighted by atomic mass is 10.2. The summed E-state index contributed by atoms with van der Waals surface area (Å²) in [6, 6.07) is 0.775. The summed E-state index contributed by atoms with van der Waals surface area (Å²) in [6.07, 6.45) is 6.60. The first-order valence-electron chi connectivity index (χ1n) is 5.48. The van der Waals surface area contributed by atoms with Crippen molar-refractivity contribution in [3.05, 3.63) is 18.2 Å². The molecule has 0 spiro atoms.